The number of aliphatic imine (C=N–C) groups is 1. The van der Waals surface area contributed by atoms with Crippen molar-refractivity contribution in [1.82, 2.24) is 5.32 Å². The average molecular weight is 611 g/mol. The van der Waals surface area contributed by atoms with Crippen molar-refractivity contribution >= 4 is 23.7 Å². The van der Waals surface area contributed by atoms with Crippen LogP contribution >= 0.6 is 0 Å². The summed E-state index contributed by atoms with van der Waals surface area (Å²) >= 11 is 0. The standard InChI is InChI=1S/C27H40N6O2.C6H14N2O/c1-17-12-18(2)23(19(3)13-17)16-21(25(29)34)15-22(10-7-11-32-27(30)31)33-26(35)24(28)14-20-8-5-4-6-9-20;7-5-3-1-2-4-6(8)9/h4-6,8-9,12-13,21-22,24H,7,10-11,14-16,28H2,1-3H3,(H2,29,34)(H,33,35)(H4,30,31,32);1-5,7H2,(H2,8,9)/t21-,22-,24+;/m1./s1. The van der Waals surface area contributed by atoms with Gasteiger partial charge in [-0.15, -0.1) is 0 Å². The first kappa shape index (κ1) is 38.1. The van der Waals surface area contributed by atoms with E-state index in [0.717, 1.165) is 41.5 Å². The van der Waals surface area contributed by atoms with Gasteiger partial charge in [0.1, 0.15) is 0 Å². The number of rotatable bonds is 18. The van der Waals surface area contributed by atoms with Crippen LogP contribution in [0.2, 0.25) is 0 Å². The molecule has 0 spiro atoms. The molecule has 0 aliphatic heterocycles. The maximum atomic E-state index is 12.9. The largest absolute Gasteiger partial charge is 0.370 e. The Morgan fingerprint density at radius 1 is 0.864 bits per heavy atom. The zero-order valence-electron chi connectivity index (χ0n) is 26.7. The van der Waals surface area contributed by atoms with Gasteiger partial charge in [-0.3, -0.25) is 19.4 Å². The Labute approximate surface area is 262 Å². The zero-order valence-corrected chi connectivity index (χ0v) is 26.7. The summed E-state index contributed by atoms with van der Waals surface area (Å²) in [4.78, 5) is 39.5. The van der Waals surface area contributed by atoms with Crippen LogP contribution in [0, 0.1) is 26.7 Å². The second-order valence-electron chi connectivity index (χ2n) is 11.4. The summed E-state index contributed by atoms with van der Waals surface area (Å²) in [6.07, 6.45) is 5.98. The van der Waals surface area contributed by atoms with Gasteiger partial charge < -0.3 is 39.7 Å². The number of aryl methyl sites for hydroxylation is 3. The topological polar surface area (TPSA) is 232 Å². The third kappa shape index (κ3) is 16.0. The van der Waals surface area contributed by atoms with Crippen LogP contribution in [0.5, 0.6) is 0 Å². The Hall–Kier alpha value is -3.96. The van der Waals surface area contributed by atoms with E-state index in [0.29, 0.717) is 51.6 Å². The minimum Gasteiger partial charge on any atom is -0.370 e. The molecule has 0 unspecified atom stereocenters. The van der Waals surface area contributed by atoms with E-state index in [2.05, 4.69) is 29.4 Å². The first-order valence-electron chi connectivity index (χ1n) is 15.3. The smallest absolute Gasteiger partial charge is 0.237 e. The molecule has 0 heterocycles. The summed E-state index contributed by atoms with van der Waals surface area (Å²) in [7, 11) is 0. The Balaban J connectivity index is 0.000000930. The highest BCUT2D eigenvalue weighted by Gasteiger charge is 2.25. The molecule has 0 fully saturated rings. The highest BCUT2D eigenvalue weighted by molar-refractivity contribution is 5.82. The Morgan fingerprint density at radius 2 is 1.50 bits per heavy atom. The second kappa shape index (κ2) is 20.9. The number of nitrogens with one attached hydrogen (secondary N) is 1. The first-order valence-corrected chi connectivity index (χ1v) is 15.3. The van der Waals surface area contributed by atoms with Crippen molar-refractivity contribution in [2.24, 2.45) is 45.3 Å². The number of unbranched alkanes of at least 4 members (excludes halogenated alkanes) is 2. The molecular formula is C33H54N8O3. The highest BCUT2D eigenvalue weighted by atomic mass is 16.2. The van der Waals surface area contributed by atoms with Crippen LogP contribution in [0.3, 0.4) is 0 Å². The molecule has 0 saturated heterocycles. The molecule has 2 rings (SSSR count). The molecule has 11 nitrogen and oxygen atoms in total. The molecule has 11 heteroatoms. The van der Waals surface area contributed by atoms with Crippen molar-refractivity contribution in [3.8, 4) is 0 Å². The van der Waals surface area contributed by atoms with Crippen molar-refractivity contribution in [2.45, 2.75) is 90.6 Å². The van der Waals surface area contributed by atoms with Crippen molar-refractivity contribution in [3.05, 3.63) is 70.3 Å². The maximum absolute atomic E-state index is 12.9. The van der Waals surface area contributed by atoms with Gasteiger partial charge in [-0.1, -0.05) is 54.4 Å². The lowest BCUT2D eigenvalue weighted by Crippen LogP contribution is -2.47. The zero-order chi connectivity index (χ0) is 33.1. The van der Waals surface area contributed by atoms with Gasteiger partial charge >= 0.3 is 0 Å². The molecule has 0 aliphatic rings. The number of benzene rings is 2. The van der Waals surface area contributed by atoms with Gasteiger partial charge in [0, 0.05) is 24.9 Å². The molecule has 44 heavy (non-hydrogen) atoms. The van der Waals surface area contributed by atoms with Crippen molar-refractivity contribution in [2.75, 3.05) is 13.1 Å². The van der Waals surface area contributed by atoms with Crippen LogP contribution in [-0.4, -0.2) is 48.9 Å². The van der Waals surface area contributed by atoms with Gasteiger partial charge in [-0.05, 0) is 94.5 Å². The van der Waals surface area contributed by atoms with E-state index >= 15 is 0 Å². The lowest BCUT2D eigenvalue weighted by molar-refractivity contribution is -0.125. The number of hydrogen-bond donors (Lipinski definition) is 7. The summed E-state index contributed by atoms with van der Waals surface area (Å²) in [5.41, 5.74) is 38.6. The number of nitrogens with zero attached hydrogens (tertiary/aromatic N) is 1. The molecule has 2 aromatic rings. The molecule has 0 aliphatic carbocycles. The summed E-state index contributed by atoms with van der Waals surface area (Å²) < 4.78 is 0. The van der Waals surface area contributed by atoms with Crippen LogP contribution in [0.1, 0.15) is 72.8 Å². The van der Waals surface area contributed by atoms with Crippen LogP contribution in [0.15, 0.2) is 47.5 Å². The molecule has 0 aromatic heterocycles. The summed E-state index contributed by atoms with van der Waals surface area (Å²) in [6, 6.07) is 12.9. The van der Waals surface area contributed by atoms with E-state index in [1.165, 1.54) is 5.56 Å². The van der Waals surface area contributed by atoms with E-state index in [4.69, 9.17) is 34.4 Å². The molecule has 2 aromatic carbocycles. The monoisotopic (exact) mass is 610 g/mol. The van der Waals surface area contributed by atoms with E-state index in [1.807, 2.05) is 44.2 Å². The summed E-state index contributed by atoms with van der Waals surface area (Å²) in [5.74, 6) is -1.27. The predicted molar refractivity (Wildman–Crippen MR) is 178 cm³/mol. The molecule has 3 amide bonds. The van der Waals surface area contributed by atoms with Gasteiger partial charge in [0.25, 0.3) is 0 Å². The predicted octanol–water partition coefficient (Wildman–Crippen LogP) is 1.75. The van der Waals surface area contributed by atoms with E-state index in [-0.39, 0.29) is 29.7 Å². The van der Waals surface area contributed by atoms with Gasteiger partial charge in [-0.2, -0.15) is 0 Å². The van der Waals surface area contributed by atoms with Crippen LogP contribution < -0.4 is 39.7 Å². The number of amides is 3. The van der Waals surface area contributed by atoms with Gasteiger partial charge in [0.15, 0.2) is 5.96 Å². The fourth-order valence-electron chi connectivity index (χ4n) is 5.11. The van der Waals surface area contributed by atoms with Crippen molar-refractivity contribution < 1.29 is 14.4 Å². The van der Waals surface area contributed by atoms with Gasteiger partial charge in [0.2, 0.25) is 17.7 Å². The molecule has 244 valence electrons. The Bertz CT molecular complexity index is 1180. The molecule has 3 atom stereocenters. The quantitative estimate of drug-likeness (QED) is 0.0749. The fraction of sp³-hybridized carbons (Fsp3) is 0.515. The number of nitrogens with two attached hydrogens (primary N) is 6. The SMILES string of the molecule is Cc1cc(C)c(C[C@@H](C[C@@H](CCCN=C(N)N)NC(=O)[C@@H](N)Cc2ccccc2)C(N)=O)c(C)c1.NCCCCCC(N)=O. The van der Waals surface area contributed by atoms with Crippen LogP contribution in [-0.2, 0) is 27.2 Å². The van der Waals surface area contributed by atoms with E-state index in [1.54, 1.807) is 0 Å². The second-order valence-corrected chi connectivity index (χ2v) is 11.4. The van der Waals surface area contributed by atoms with Gasteiger partial charge in [0.05, 0.1) is 6.04 Å². The molecular weight excluding hydrogens is 556 g/mol. The fourth-order valence-corrected chi connectivity index (χ4v) is 5.11. The van der Waals surface area contributed by atoms with Crippen molar-refractivity contribution in [1.29, 1.82) is 0 Å². The summed E-state index contributed by atoms with van der Waals surface area (Å²) in [6.45, 7) is 7.28. The number of primary amides is 2. The lowest BCUT2D eigenvalue weighted by atomic mass is 9.86. The molecule has 0 bridgehead atoms. The summed E-state index contributed by atoms with van der Waals surface area (Å²) in [5, 5.41) is 3.05. The first-order chi connectivity index (χ1) is 20.8. The third-order valence-electron chi connectivity index (χ3n) is 7.38. The van der Waals surface area contributed by atoms with Crippen molar-refractivity contribution in [3.63, 3.8) is 0 Å². The highest BCUT2D eigenvalue weighted by Crippen LogP contribution is 2.23. The molecule has 0 radical (unpaired) electrons. The average Bonchev–Trinajstić information content (AvgIpc) is 2.95. The van der Waals surface area contributed by atoms with Gasteiger partial charge in [-0.25, -0.2) is 0 Å². The minimum atomic E-state index is -0.703. The van der Waals surface area contributed by atoms with Crippen LogP contribution in [0.25, 0.3) is 0 Å². The normalized spacial score (nSPS) is 12.7. The number of carbonyl (C=O) groups is 3. The Kier molecular flexibility index (Phi) is 18.0. The number of hydrogen-bond acceptors (Lipinski definition) is 6. The van der Waals surface area contributed by atoms with E-state index < -0.39 is 12.0 Å². The number of guanidine groups is 1. The Morgan fingerprint density at radius 3 is 2.05 bits per heavy atom. The number of carbonyl (C=O) groups excluding carboxylic acids is 3. The van der Waals surface area contributed by atoms with Crippen LogP contribution in [0.4, 0.5) is 0 Å². The maximum Gasteiger partial charge on any atom is 0.237 e. The lowest BCUT2D eigenvalue weighted by Gasteiger charge is -2.25. The van der Waals surface area contributed by atoms with E-state index in [9.17, 15) is 14.4 Å². The molecule has 0 saturated carbocycles. The molecule has 13 N–H and O–H groups in total. The third-order valence-corrected chi connectivity index (χ3v) is 7.38. The minimum absolute atomic E-state index is 0.0239.